The van der Waals surface area contributed by atoms with E-state index in [1.54, 1.807) is 77.0 Å². The zero-order valence-electron chi connectivity index (χ0n) is 15.4. The van der Waals surface area contributed by atoms with Crippen LogP contribution < -0.4 is 0 Å². The van der Waals surface area contributed by atoms with Gasteiger partial charge in [-0.15, -0.1) is 0 Å². The van der Waals surface area contributed by atoms with E-state index in [-0.39, 0.29) is 0 Å². The minimum absolute atomic E-state index is 1.05. The lowest BCUT2D eigenvalue weighted by Crippen LogP contribution is -2.37. The molecule has 0 aromatic heterocycles. The molecule has 4 rings (SSSR count). The summed E-state index contributed by atoms with van der Waals surface area (Å²) >= 11 is 0. The summed E-state index contributed by atoms with van der Waals surface area (Å²) < 4.78 is 0. The van der Waals surface area contributed by atoms with Crippen LogP contribution in [0.5, 0.6) is 0 Å². The van der Waals surface area contributed by atoms with Crippen molar-refractivity contribution < 1.29 is 0 Å². The van der Waals surface area contributed by atoms with Gasteiger partial charge in [-0.1, -0.05) is 89.9 Å². The predicted molar refractivity (Wildman–Crippen MR) is 99.2 cm³/mol. The molecule has 0 aliphatic heterocycles. The second-order valence-corrected chi connectivity index (χ2v) is 9.53. The van der Waals surface area contributed by atoms with Gasteiger partial charge in [0.15, 0.2) is 0 Å². The number of hydrogen-bond donors (Lipinski definition) is 0. The Labute approximate surface area is 145 Å². The first-order chi connectivity index (χ1) is 11.4. The molecule has 0 heteroatoms. The lowest BCUT2D eigenvalue weighted by atomic mass is 9.58. The largest absolute Gasteiger partial charge is 0.0533 e. The van der Waals surface area contributed by atoms with E-state index in [0.717, 1.165) is 29.6 Å². The zero-order valence-corrected chi connectivity index (χ0v) is 15.4. The van der Waals surface area contributed by atoms with Gasteiger partial charge in [0.1, 0.15) is 0 Å². The van der Waals surface area contributed by atoms with Crippen molar-refractivity contribution >= 4 is 0 Å². The molecule has 23 heavy (non-hydrogen) atoms. The van der Waals surface area contributed by atoms with E-state index in [9.17, 15) is 0 Å². The van der Waals surface area contributed by atoms with E-state index < -0.39 is 0 Å². The van der Waals surface area contributed by atoms with E-state index in [1.807, 2.05) is 0 Å². The molecule has 0 aromatic rings. The predicted octanol–water partition coefficient (Wildman–Crippen LogP) is 7.33. The third-order valence-corrected chi connectivity index (χ3v) is 7.89. The van der Waals surface area contributed by atoms with Crippen LogP contribution >= 0.6 is 0 Å². The van der Waals surface area contributed by atoms with E-state index in [0.29, 0.717) is 0 Å². The first-order valence-corrected chi connectivity index (χ1v) is 11.3. The lowest BCUT2D eigenvalue weighted by Gasteiger charge is -2.47. The van der Waals surface area contributed by atoms with Crippen LogP contribution in [-0.2, 0) is 0 Å². The molecular formula is C23H39. The first-order valence-electron chi connectivity index (χ1n) is 11.3. The Morgan fingerprint density at radius 3 is 1.74 bits per heavy atom. The normalized spacial score (nSPS) is 32.5. The Bertz CT molecular complexity index is 325. The summed E-state index contributed by atoms with van der Waals surface area (Å²) in [5.74, 6) is 7.54. The minimum atomic E-state index is 1.05. The molecule has 1 atom stereocenters. The van der Waals surface area contributed by atoms with Gasteiger partial charge in [-0.25, -0.2) is 0 Å². The Balaban J connectivity index is 1.50. The van der Waals surface area contributed by atoms with E-state index in [1.165, 1.54) is 32.1 Å². The monoisotopic (exact) mass is 315 g/mol. The van der Waals surface area contributed by atoms with Crippen LogP contribution in [-0.4, -0.2) is 0 Å². The molecule has 0 amide bonds. The summed E-state index contributed by atoms with van der Waals surface area (Å²) in [7, 11) is 0. The van der Waals surface area contributed by atoms with Gasteiger partial charge in [-0.2, -0.15) is 0 Å². The maximum atomic E-state index is 2.07. The smallest absolute Gasteiger partial charge is 0.0204 e. The summed E-state index contributed by atoms with van der Waals surface area (Å²) in [6.07, 6.45) is 26.3. The molecule has 0 saturated heterocycles. The van der Waals surface area contributed by atoms with Crippen molar-refractivity contribution in [3.05, 3.63) is 5.92 Å². The first kappa shape index (κ1) is 16.5. The quantitative estimate of drug-likeness (QED) is 0.498. The van der Waals surface area contributed by atoms with Crippen LogP contribution in [0, 0.1) is 35.5 Å². The van der Waals surface area contributed by atoms with Gasteiger partial charge in [-0.05, 0) is 54.8 Å². The lowest BCUT2D eigenvalue weighted by molar-refractivity contribution is 0.0747. The molecule has 4 aliphatic carbocycles. The standard InChI is InChI=1S/C23H39/c1-3-9-19(10-4-1)23(20-11-5-2-6-12-20)22-14-8-7-13-21(22)17-18-15-16-18/h18-20,22-23H,1-17H2. The molecule has 0 aromatic carbocycles. The summed E-state index contributed by atoms with van der Waals surface area (Å²) in [5, 5.41) is 0. The van der Waals surface area contributed by atoms with Gasteiger partial charge in [-0.3, -0.25) is 0 Å². The Morgan fingerprint density at radius 2 is 1.17 bits per heavy atom. The maximum Gasteiger partial charge on any atom is -0.0204 e. The Morgan fingerprint density at radius 1 is 0.609 bits per heavy atom. The van der Waals surface area contributed by atoms with Crippen molar-refractivity contribution in [2.45, 2.75) is 109 Å². The van der Waals surface area contributed by atoms with Crippen LogP contribution in [0.4, 0.5) is 0 Å². The van der Waals surface area contributed by atoms with Crippen LogP contribution in [0.25, 0.3) is 0 Å². The number of rotatable bonds is 5. The third kappa shape index (κ3) is 4.16. The fourth-order valence-electron chi connectivity index (χ4n) is 6.60. The molecule has 0 nitrogen and oxygen atoms in total. The highest BCUT2D eigenvalue weighted by Gasteiger charge is 2.42. The van der Waals surface area contributed by atoms with E-state index >= 15 is 0 Å². The molecule has 1 unspecified atom stereocenters. The van der Waals surface area contributed by atoms with Crippen LogP contribution in [0.2, 0.25) is 0 Å². The van der Waals surface area contributed by atoms with Crippen molar-refractivity contribution in [2.75, 3.05) is 0 Å². The molecule has 0 spiro atoms. The second-order valence-electron chi connectivity index (χ2n) is 9.53. The Hall–Kier alpha value is 0. The fourth-order valence-corrected chi connectivity index (χ4v) is 6.60. The fraction of sp³-hybridized carbons (Fsp3) is 0.957. The summed E-state index contributed by atoms with van der Waals surface area (Å²) in [5.41, 5.74) is 0. The molecule has 1 radical (unpaired) electrons. The van der Waals surface area contributed by atoms with Gasteiger partial charge < -0.3 is 0 Å². The van der Waals surface area contributed by atoms with Crippen molar-refractivity contribution in [1.29, 1.82) is 0 Å². The molecule has 4 aliphatic rings. The summed E-state index contributed by atoms with van der Waals surface area (Å²) in [4.78, 5) is 0. The van der Waals surface area contributed by atoms with Gasteiger partial charge in [0.05, 0.1) is 0 Å². The van der Waals surface area contributed by atoms with Gasteiger partial charge in [0.2, 0.25) is 0 Å². The summed E-state index contributed by atoms with van der Waals surface area (Å²) in [6.45, 7) is 0. The summed E-state index contributed by atoms with van der Waals surface area (Å²) in [6, 6.07) is 0. The van der Waals surface area contributed by atoms with Crippen molar-refractivity contribution in [3.63, 3.8) is 0 Å². The topological polar surface area (TPSA) is 0 Å². The molecular weight excluding hydrogens is 276 g/mol. The highest BCUT2D eigenvalue weighted by atomic mass is 14.5. The van der Waals surface area contributed by atoms with E-state index in [4.69, 9.17) is 0 Å². The van der Waals surface area contributed by atoms with Crippen molar-refractivity contribution in [3.8, 4) is 0 Å². The molecule has 0 bridgehead atoms. The molecule has 4 fully saturated rings. The van der Waals surface area contributed by atoms with E-state index in [2.05, 4.69) is 5.92 Å². The third-order valence-electron chi connectivity index (χ3n) is 7.89. The molecule has 131 valence electrons. The maximum absolute atomic E-state index is 2.07. The van der Waals surface area contributed by atoms with Gasteiger partial charge >= 0.3 is 0 Å². The average molecular weight is 316 g/mol. The minimum Gasteiger partial charge on any atom is -0.0533 e. The van der Waals surface area contributed by atoms with Gasteiger partial charge in [0, 0.05) is 0 Å². The highest BCUT2D eigenvalue weighted by molar-refractivity contribution is 5.06. The van der Waals surface area contributed by atoms with Crippen LogP contribution in [0.1, 0.15) is 109 Å². The SMILES string of the molecule is C1CCC(C(C2CCCCC2)C2CCCC[C]2CC2CC2)CC1. The average Bonchev–Trinajstić information content (AvgIpc) is 3.43. The Kier molecular flexibility index (Phi) is 5.67. The zero-order chi connectivity index (χ0) is 15.5. The van der Waals surface area contributed by atoms with Gasteiger partial charge in [0.25, 0.3) is 0 Å². The van der Waals surface area contributed by atoms with Crippen molar-refractivity contribution in [2.24, 2.45) is 29.6 Å². The van der Waals surface area contributed by atoms with Crippen LogP contribution in [0.15, 0.2) is 0 Å². The molecule has 4 saturated carbocycles. The van der Waals surface area contributed by atoms with Crippen LogP contribution in [0.3, 0.4) is 0 Å². The molecule has 0 heterocycles. The number of hydrogen-bond acceptors (Lipinski definition) is 0. The highest BCUT2D eigenvalue weighted by Crippen LogP contribution is 2.52. The second kappa shape index (κ2) is 7.92. The molecule has 0 N–H and O–H groups in total. The van der Waals surface area contributed by atoms with Crippen molar-refractivity contribution in [1.82, 2.24) is 0 Å².